The van der Waals surface area contributed by atoms with Crippen LogP contribution in [0.5, 0.6) is 0 Å². The first-order valence-electron chi connectivity index (χ1n) is 2.48. The number of carbonyl (C=O) groups excluding carboxylic acids is 1. The van der Waals surface area contributed by atoms with Gasteiger partial charge in [-0.2, -0.15) is 11.3 Å². The maximum absolute atomic E-state index is 9.51. The summed E-state index contributed by atoms with van der Waals surface area (Å²) in [6.07, 6.45) is 0. The van der Waals surface area contributed by atoms with Gasteiger partial charge in [-0.15, -0.1) is 0 Å². The molecule has 1 aromatic rings. The Morgan fingerprint density at radius 2 is 1.90 bits per heavy atom. The van der Waals surface area contributed by atoms with Gasteiger partial charge in [-0.3, -0.25) is 0 Å². The Labute approximate surface area is 72.0 Å². The van der Waals surface area contributed by atoms with E-state index in [1.165, 1.54) is 7.11 Å². The van der Waals surface area contributed by atoms with Gasteiger partial charge in [0.05, 0.1) is 7.11 Å². The van der Waals surface area contributed by atoms with E-state index in [1.807, 2.05) is 22.9 Å². The van der Waals surface area contributed by atoms with E-state index in [-0.39, 0.29) is 0 Å². The fourth-order valence-corrected chi connectivity index (χ4v) is 0.680. The molecule has 0 bridgehead atoms. The van der Waals surface area contributed by atoms with Crippen LogP contribution in [0.15, 0.2) is 22.9 Å². The molecule has 0 atom stereocenters. The number of thiophene rings is 1. The van der Waals surface area contributed by atoms with Crippen LogP contribution in [0.3, 0.4) is 0 Å². The van der Waals surface area contributed by atoms with E-state index in [2.05, 4.69) is 20.7 Å². The molecule has 0 aromatic carbocycles. The van der Waals surface area contributed by atoms with Crippen LogP contribution < -0.4 is 0 Å². The summed E-state index contributed by atoms with van der Waals surface area (Å²) < 4.78 is 4.03. The van der Waals surface area contributed by atoms with Gasteiger partial charge >= 0.3 is 4.88 Å². The third-order valence-corrected chi connectivity index (χ3v) is 1.54. The van der Waals surface area contributed by atoms with E-state index >= 15 is 0 Å². The van der Waals surface area contributed by atoms with Crippen molar-refractivity contribution in [1.82, 2.24) is 0 Å². The quantitative estimate of drug-likeness (QED) is 0.632. The molecule has 1 heterocycles. The third kappa shape index (κ3) is 7.65. The van der Waals surface area contributed by atoms with Crippen molar-refractivity contribution >= 4 is 32.1 Å². The minimum atomic E-state index is -0.433. The molecule has 0 unspecified atom stereocenters. The topological polar surface area (TPSA) is 26.3 Å². The fourth-order valence-electron chi connectivity index (χ4n) is 0.227. The van der Waals surface area contributed by atoms with Gasteiger partial charge in [-0.05, 0) is 10.8 Å². The van der Waals surface area contributed by atoms with Crippen molar-refractivity contribution in [1.29, 1.82) is 0 Å². The Bertz CT molecular complexity index is 145. The van der Waals surface area contributed by atoms with Crippen LogP contribution in [0.2, 0.25) is 0 Å². The highest BCUT2D eigenvalue weighted by atomic mass is 79.9. The lowest BCUT2D eigenvalue weighted by Gasteiger charge is -1.78. The predicted molar refractivity (Wildman–Crippen MR) is 45.7 cm³/mol. The lowest BCUT2D eigenvalue weighted by molar-refractivity contribution is 0.202. The summed E-state index contributed by atoms with van der Waals surface area (Å²) in [5.74, 6) is 0. The predicted octanol–water partition coefficient (Wildman–Crippen LogP) is 2.90. The van der Waals surface area contributed by atoms with Crippen LogP contribution in [0.25, 0.3) is 0 Å². The van der Waals surface area contributed by atoms with Gasteiger partial charge in [-0.1, -0.05) is 12.1 Å². The second-order valence-corrected chi connectivity index (χ2v) is 2.70. The highest BCUT2D eigenvalue weighted by Gasteiger charge is 1.79. The van der Waals surface area contributed by atoms with Crippen LogP contribution in [-0.4, -0.2) is 12.0 Å². The van der Waals surface area contributed by atoms with Crippen LogP contribution in [0.1, 0.15) is 0 Å². The van der Waals surface area contributed by atoms with Crippen LogP contribution >= 0.6 is 27.3 Å². The van der Waals surface area contributed by atoms with Crippen molar-refractivity contribution < 1.29 is 9.53 Å². The zero-order valence-corrected chi connectivity index (χ0v) is 7.81. The number of hydrogen-bond acceptors (Lipinski definition) is 3. The highest BCUT2D eigenvalue weighted by molar-refractivity contribution is 9.18. The van der Waals surface area contributed by atoms with Crippen LogP contribution in [0, 0.1) is 0 Å². The highest BCUT2D eigenvalue weighted by Crippen LogP contribution is 1.91. The van der Waals surface area contributed by atoms with Crippen LogP contribution in [0.4, 0.5) is 4.79 Å². The van der Waals surface area contributed by atoms with Gasteiger partial charge < -0.3 is 4.74 Å². The molecule has 0 aliphatic carbocycles. The molecule has 0 N–H and O–H groups in total. The summed E-state index contributed by atoms with van der Waals surface area (Å²) in [6.45, 7) is 0. The first-order valence-corrected chi connectivity index (χ1v) is 4.21. The normalized spacial score (nSPS) is 7.40. The Kier molecular flexibility index (Phi) is 6.53. The summed E-state index contributed by atoms with van der Waals surface area (Å²) in [4.78, 5) is 9.07. The molecular weight excluding hydrogens is 216 g/mol. The van der Waals surface area contributed by atoms with Gasteiger partial charge in [0.15, 0.2) is 0 Å². The van der Waals surface area contributed by atoms with Crippen molar-refractivity contribution in [3.8, 4) is 0 Å². The van der Waals surface area contributed by atoms with Crippen molar-refractivity contribution in [2.75, 3.05) is 7.11 Å². The summed E-state index contributed by atoms with van der Waals surface area (Å²) in [6, 6.07) is 4.04. The molecule has 0 aliphatic heterocycles. The number of carbonyl (C=O) groups is 1. The monoisotopic (exact) mass is 222 g/mol. The van der Waals surface area contributed by atoms with E-state index in [4.69, 9.17) is 0 Å². The van der Waals surface area contributed by atoms with Gasteiger partial charge in [0.25, 0.3) is 0 Å². The van der Waals surface area contributed by atoms with Crippen molar-refractivity contribution in [2.45, 2.75) is 0 Å². The molecule has 0 radical (unpaired) electrons. The van der Waals surface area contributed by atoms with Crippen molar-refractivity contribution in [3.63, 3.8) is 0 Å². The fraction of sp³-hybridized carbons (Fsp3) is 0.167. The van der Waals surface area contributed by atoms with E-state index in [9.17, 15) is 4.79 Å². The minimum Gasteiger partial charge on any atom is -0.461 e. The number of rotatable bonds is 0. The SMILES string of the molecule is COC(=O)Br.c1ccsc1. The largest absolute Gasteiger partial charge is 0.461 e. The van der Waals surface area contributed by atoms with Gasteiger partial charge in [0, 0.05) is 15.9 Å². The van der Waals surface area contributed by atoms with E-state index in [0.29, 0.717) is 0 Å². The number of hydrogen-bond donors (Lipinski definition) is 0. The molecule has 0 spiro atoms. The number of ether oxygens (including phenoxy) is 1. The first-order chi connectivity index (χ1) is 4.77. The Balaban J connectivity index is 0.000000162. The second-order valence-electron chi connectivity index (χ2n) is 1.23. The van der Waals surface area contributed by atoms with E-state index in [0.717, 1.165) is 0 Å². The maximum Gasteiger partial charge on any atom is 0.374 e. The number of halogens is 1. The molecule has 0 saturated heterocycles. The summed E-state index contributed by atoms with van der Waals surface area (Å²) in [5, 5.41) is 4.08. The van der Waals surface area contributed by atoms with Crippen molar-refractivity contribution in [2.24, 2.45) is 0 Å². The maximum atomic E-state index is 9.51. The molecule has 0 saturated carbocycles. The molecular formula is C6H7BrO2S. The summed E-state index contributed by atoms with van der Waals surface area (Å²) in [5.41, 5.74) is 0. The zero-order chi connectivity index (χ0) is 7.82. The van der Waals surface area contributed by atoms with Gasteiger partial charge in [-0.25, -0.2) is 4.79 Å². The summed E-state index contributed by atoms with van der Waals surface area (Å²) >= 11 is 4.23. The average molecular weight is 223 g/mol. The average Bonchev–Trinajstić information content (AvgIpc) is 2.43. The molecule has 0 fully saturated rings. The minimum absolute atomic E-state index is 0.433. The second kappa shape index (κ2) is 6.77. The molecule has 2 nitrogen and oxygen atoms in total. The zero-order valence-electron chi connectivity index (χ0n) is 5.41. The molecule has 10 heavy (non-hydrogen) atoms. The number of methoxy groups -OCH3 is 1. The Morgan fingerprint density at radius 3 is 2.00 bits per heavy atom. The molecule has 56 valence electrons. The molecule has 0 aliphatic rings. The van der Waals surface area contributed by atoms with Crippen LogP contribution in [-0.2, 0) is 4.74 Å². The van der Waals surface area contributed by atoms with Crippen molar-refractivity contribution in [3.05, 3.63) is 22.9 Å². The molecule has 1 aromatic heterocycles. The van der Waals surface area contributed by atoms with E-state index < -0.39 is 4.88 Å². The molecule has 0 amide bonds. The first kappa shape index (κ1) is 9.65. The Morgan fingerprint density at radius 1 is 1.50 bits per heavy atom. The third-order valence-electron chi connectivity index (χ3n) is 0.586. The molecule has 4 heteroatoms. The Hall–Kier alpha value is -0.350. The van der Waals surface area contributed by atoms with Gasteiger partial charge in [0.2, 0.25) is 0 Å². The smallest absolute Gasteiger partial charge is 0.374 e. The standard InChI is InChI=1S/C4H4S.C2H3BrO2/c1-2-4-5-3-1;1-5-2(3)4/h1-4H;1H3. The molecule has 1 rings (SSSR count). The van der Waals surface area contributed by atoms with Gasteiger partial charge in [0.1, 0.15) is 0 Å². The van der Waals surface area contributed by atoms with E-state index in [1.54, 1.807) is 11.3 Å². The lowest BCUT2D eigenvalue weighted by Crippen LogP contribution is -1.79. The lowest BCUT2D eigenvalue weighted by atomic mass is 10.7. The summed E-state index contributed by atoms with van der Waals surface area (Å²) in [7, 11) is 1.30.